The van der Waals surface area contributed by atoms with Crippen LogP contribution < -0.4 is 0 Å². The molecule has 1 N–H and O–H groups in total. The Morgan fingerprint density at radius 2 is 2.07 bits per heavy atom. The molecule has 74 valence electrons. The fourth-order valence-corrected chi connectivity index (χ4v) is 1.40. The number of hydrogen-bond acceptors (Lipinski definition) is 1. The number of aliphatic carboxylic acids is 1. The molecule has 1 unspecified atom stereocenters. The van der Waals surface area contributed by atoms with E-state index in [4.69, 9.17) is 5.11 Å². The molecule has 0 saturated carbocycles. The Labute approximate surface area is 83.9 Å². The normalized spacial score (nSPS) is 12.0. The molecule has 0 aromatic heterocycles. The maximum atomic E-state index is 10.4. The fourth-order valence-electron chi connectivity index (χ4n) is 1.40. The highest BCUT2D eigenvalue weighted by Crippen LogP contribution is 2.21. The van der Waals surface area contributed by atoms with Crippen LogP contribution in [0.2, 0.25) is 0 Å². The van der Waals surface area contributed by atoms with Crippen LogP contribution in [0.15, 0.2) is 43.0 Å². The monoisotopic (exact) mass is 190 g/mol. The highest BCUT2D eigenvalue weighted by Gasteiger charge is 2.08. The van der Waals surface area contributed by atoms with Crippen LogP contribution in [-0.4, -0.2) is 11.1 Å². The van der Waals surface area contributed by atoms with Gasteiger partial charge in [0.1, 0.15) is 0 Å². The van der Waals surface area contributed by atoms with E-state index in [0.717, 1.165) is 5.56 Å². The summed E-state index contributed by atoms with van der Waals surface area (Å²) in [6.07, 6.45) is 2.60. The molecule has 0 radical (unpaired) electrons. The molecule has 1 aromatic carbocycles. The zero-order chi connectivity index (χ0) is 10.4. The summed E-state index contributed by atoms with van der Waals surface area (Å²) in [4.78, 5) is 10.4. The molecule has 0 aliphatic rings. The van der Waals surface area contributed by atoms with Crippen molar-refractivity contribution in [1.82, 2.24) is 0 Å². The molecule has 2 heteroatoms. The Hall–Kier alpha value is -1.57. The van der Waals surface area contributed by atoms with Crippen LogP contribution in [0.5, 0.6) is 0 Å². The van der Waals surface area contributed by atoms with E-state index in [1.807, 2.05) is 30.3 Å². The zero-order valence-electron chi connectivity index (χ0n) is 8.02. The van der Waals surface area contributed by atoms with Crippen LogP contribution in [0.3, 0.4) is 0 Å². The lowest BCUT2D eigenvalue weighted by atomic mass is 9.94. The second-order valence-corrected chi connectivity index (χ2v) is 3.19. The summed E-state index contributed by atoms with van der Waals surface area (Å²) in [6.45, 7) is 3.72. The van der Waals surface area contributed by atoms with E-state index in [1.54, 1.807) is 6.08 Å². The van der Waals surface area contributed by atoms with Crippen molar-refractivity contribution in [2.75, 3.05) is 0 Å². The van der Waals surface area contributed by atoms with Crippen molar-refractivity contribution in [3.05, 3.63) is 48.6 Å². The summed E-state index contributed by atoms with van der Waals surface area (Å²) in [5, 5.41) is 8.57. The van der Waals surface area contributed by atoms with Gasteiger partial charge in [0, 0.05) is 12.3 Å². The van der Waals surface area contributed by atoms with E-state index >= 15 is 0 Å². The molecular weight excluding hydrogens is 176 g/mol. The minimum absolute atomic E-state index is 0.146. The molecule has 1 atom stereocenters. The Kier molecular flexibility index (Phi) is 3.92. The second-order valence-electron chi connectivity index (χ2n) is 3.19. The van der Waals surface area contributed by atoms with Crippen molar-refractivity contribution in [2.45, 2.75) is 18.8 Å². The van der Waals surface area contributed by atoms with Gasteiger partial charge < -0.3 is 5.11 Å². The maximum Gasteiger partial charge on any atom is 0.303 e. The van der Waals surface area contributed by atoms with Crippen LogP contribution in [0.25, 0.3) is 0 Å². The standard InChI is InChI=1S/C12H14O2/c1-2-10(8-9-12(13)14)11-6-4-3-5-7-11/h2-7,10H,1,8-9H2,(H,13,14). The summed E-state index contributed by atoms with van der Waals surface area (Å²) in [5.74, 6) is -0.611. The van der Waals surface area contributed by atoms with Crippen LogP contribution >= 0.6 is 0 Å². The van der Waals surface area contributed by atoms with Crippen LogP contribution in [0, 0.1) is 0 Å². The van der Waals surface area contributed by atoms with E-state index in [0.29, 0.717) is 6.42 Å². The first kappa shape index (κ1) is 10.5. The fraction of sp³-hybridized carbons (Fsp3) is 0.250. The third-order valence-corrected chi connectivity index (χ3v) is 2.18. The number of allylic oxidation sites excluding steroid dienone is 1. The first-order valence-electron chi connectivity index (χ1n) is 4.63. The molecule has 14 heavy (non-hydrogen) atoms. The van der Waals surface area contributed by atoms with Crippen LogP contribution in [-0.2, 0) is 4.79 Å². The summed E-state index contributed by atoms with van der Waals surface area (Å²) >= 11 is 0. The van der Waals surface area contributed by atoms with Gasteiger partial charge in [-0.1, -0.05) is 36.4 Å². The number of carbonyl (C=O) groups is 1. The third-order valence-electron chi connectivity index (χ3n) is 2.18. The quantitative estimate of drug-likeness (QED) is 0.725. The maximum absolute atomic E-state index is 10.4. The van der Waals surface area contributed by atoms with E-state index in [2.05, 4.69) is 6.58 Å². The molecule has 0 amide bonds. The Morgan fingerprint density at radius 1 is 1.43 bits per heavy atom. The number of rotatable bonds is 5. The lowest BCUT2D eigenvalue weighted by molar-refractivity contribution is -0.137. The molecule has 0 aliphatic carbocycles. The van der Waals surface area contributed by atoms with Gasteiger partial charge in [-0.3, -0.25) is 4.79 Å². The highest BCUT2D eigenvalue weighted by molar-refractivity contribution is 5.66. The topological polar surface area (TPSA) is 37.3 Å². The van der Waals surface area contributed by atoms with Crippen molar-refractivity contribution in [3.8, 4) is 0 Å². The smallest absolute Gasteiger partial charge is 0.303 e. The minimum atomic E-state index is -0.757. The van der Waals surface area contributed by atoms with E-state index < -0.39 is 5.97 Å². The third kappa shape index (κ3) is 3.05. The number of carboxylic acid groups (broad SMARTS) is 1. The summed E-state index contributed by atoms with van der Waals surface area (Å²) in [5.41, 5.74) is 1.13. The van der Waals surface area contributed by atoms with Gasteiger partial charge in [-0.2, -0.15) is 0 Å². The second kappa shape index (κ2) is 5.22. The summed E-state index contributed by atoms with van der Waals surface area (Å²) in [7, 11) is 0. The molecule has 0 saturated heterocycles. The van der Waals surface area contributed by atoms with Crippen molar-refractivity contribution in [3.63, 3.8) is 0 Å². The van der Waals surface area contributed by atoms with Crippen molar-refractivity contribution in [1.29, 1.82) is 0 Å². The van der Waals surface area contributed by atoms with Crippen LogP contribution in [0.4, 0.5) is 0 Å². The van der Waals surface area contributed by atoms with Gasteiger partial charge in [0.05, 0.1) is 0 Å². The summed E-state index contributed by atoms with van der Waals surface area (Å²) < 4.78 is 0. The first-order valence-corrected chi connectivity index (χ1v) is 4.63. The van der Waals surface area contributed by atoms with Gasteiger partial charge in [-0.15, -0.1) is 6.58 Å². The van der Waals surface area contributed by atoms with E-state index in [9.17, 15) is 4.79 Å². The first-order chi connectivity index (χ1) is 6.74. The largest absolute Gasteiger partial charge is 0.481 e. The zero-order valence-corrected chi connectivity index (χ0v) is 8.02. The van der Waals surface area contributed by atoms with Gasteiger partial charge in [-0.25, -0.2) is 0 Å². The van der Waals surface area contributed by atoms with Crippen molar-refractivity contribution >= 4 is 5.97 Å². The lowest BCUT2D eigenvalue weighted by Gasteiger charge is -2.10. The molecule has 0 aliphatic heterocycles. The van der Waals surface area contributed by atoms with Gasteiger partial charge in [0.15, 0.2) is 0 Å². The molecule has 1 rings (SSSR count). The Bertz CT molecular complexity index is 303. The van der Waals surface area contributed by atoms with Crippen molar-refractivity contribution in [2.24, 2.45) is 0 Å². The Balaban J connectivity index is 2.63. The molecule has 0 bridgehead atoms. The average molecular weight is 190 g/mol. The van der Waals surface area contributed by atoms with Gasteiger partial charge in [-0.05, 0) is 12.0 Å². The predicted molar refractivity (Wildman–Crippen MR) is 56.2 cm³/mol. The SMILES string of the molecule is C=CC(CCC(=O)O)c1ccccc1. The van der Waals surface area contributed by atoms with E-state index in [-0.39, 0.29) is 12.3 Å². The lowest BCUT2D eigenvalue weighted by Crippen LogP contribution is -2.00. The average Bonchev–Trinajstić information content (AvgIpc) is 2.20. The van der Waals surface area contributed by atoms with Crippen LogP contribution in [0.1, 0.15) is 24.3 Å². The number of carboxylic acids is 1. The molecule has 2 nitrogen and oxygen atoms in total. The van der Waals surface area contributed by atoms with Gasteiger partial charge >= 0.3 is 5.97 Å². The molecule has 0 spiro atoms. The molecule has 0 fully saturated rings. The molecular formula is C12H14O2. The molecule has 0 heterocycles. The number of hydrogen-bond donors (Lipinski definition) is 1. The minimum Gasteiger partial charge on any atom is -0.481 e. The summed E-state index contributed by atoms with van der Waals surface area (Å²) in [6, 6.07) is 9.84. The Morgan fingerprint density at radius 3 is 2.57 bits per heavy atom. The predicted octanol–water partition coefficient (Wildman–Crippen LogP) is 2.82. The van der Waals surface area contributed by atoms with Gasteiger partial charge in [0.2, 0.25) is 0 Å². The highest BCUT2D eigenvalue weighted by atomic mass is 16.4. The molecule has 1 aromatic rings. The van der Waals surface area contributed by atoms with Crippen molar-refractivity contribution < 1.29 is 9.90 Å². The van der Waals surface area contributed by atoms with Gasteiger partial charge in [0.25, 0.3) is 0 Å². The number of benzene rings is 1. The van der Waals surface area contributed by atoms with E-state index in [1.165, 1.54) is 0 Å².